The zero-order valence-electron chi connectivity index (χ0n) is 13.3. The summed E-state index contributed by atoms with van der Waals surface area (Å²) in [5, 5.41) is 5.27. The lowest BCUT2D eigenvalue weighted by molar-refractivity contribution is 0.337. The Morgan fingerprint density at radius 1 is 1.38 bits per heavy atom. The molecule has 0 saturated heterocycles. The van der Waals surface area contributed by atoms with Gasteiger partial charge in [0.1, 0.15) is 0 Å². The zero-order chi connectivity index (χ0) is 15.6. The van der Waals surface area contributed by atoms with Gasteiger partial charge in [0, 0.05) is 30.6 Å². The van der Waals surface area contributed by atoms with E-state index in [9.17, 15) is 8.42 Å². The standard InChI is InChI=1S/C15H26N2O2S2/c1-11(2)9-12(3)17(4)21(18,19)15-7-8-20-14(15)10-16-13-5-6-13/h7-8,11-13,16H,5-6,9-10H2,1-4H3. The summed E-state index contributed by atoms with van der Waals surface area (Å²) in [5.41, 5.74) is 0. The average molecular weight is 331 g/mol. The molecule has 1 unspecified atom stereocenters. The Hall–Kier alpha value is -0.430. The lowest BCUT2D eigenvalue weighted by Gasteiger charge is -2.25. The fourth-order valence-corrected chi connectivity index (χ4v) is 5.17. The Balaban J connectivity index is 2.12. The highest BCUT2D eigenvalue weighted by Crippen LogP contribution is 2.28. The van der Waals surface area contributed by atoms with Crippen LogP contribution in [-0.4, -0.2) is 31.9 Å². The van der Waals surface area contributed by atoms with E-state index in [1.165, 1.54) is 28.5 Å². The van der Waals surface area contributed by atoms with Crippen LogP contribution in [0.1, 0.15) is 44.9 Å². The molecule has 1 heterocycles. The molecule has 1 atom stereocenters. The van der Waals surface area contributed by atoms with E-state index in [0.717, 1.165) is 11.3 Å². The number of sulfonamides is 1. The monoisotopic (exact) mass is 330 g/mol. The van der Waals surface area contributed by atoms with Crippen molar-refractivity contribution in [1.82, 2.24) is 9.62 Å². The van der Waals surface area contributed by atoms with E-state index in [4.69, 9.17) is 0 Å². The van der Waals surface area contributed by atoms with Crippen LogP contribution in [0.4, 0.5) is 0 Å². The summed E-state index contributed by atoms with van der Waals surface area (Å²) in [6, 6.07) is 2.34. The summed E-state index contributed by atoms with van der Waals surface area (Å²) in [6.45, 7) is 6.87. The number of hydrogen-bond donors (Lipinski definition) is 1. The Morgan fingerprint density at radius 3 is 2.62 bits per heavy atom. The maximum atomic E-state index is 12.8. The SMILES string of the molecule is CC(C)CC(C)N(C)S(=O)(=O)c1ccsc1CNC1CC1. The van der Waals surface area contributed by atoms with Gasteiger partial charge < -0.3 is 5.32 Å². The van der Waals surface area contributed by atoms with Crippen molar-refractivity contribution in [2.45, 2.75) is 63.6 Å². The highest BCUT2D eigenvalue weighted by molar-refractivity contribution is 7.89. The average Bonchev–Trinajstić information content (AvgIpc) is 3.10. The molecule has 1 aromatic heterocycles. The molecule has 120 valence electrons. The van der Waals surface area contributed by atoms with E-state index in [1.54, 1.807) is 13.1 Å². The second-order valence-electron chi connectivity index (χ2n) is 6.36. The van der Waals surface area contributed by atoms with E-state index < -0.39 is 10.0 Å². The quantitative estimate of drug-likeness (QED) is 0.797. The maximum Gasteiger partial charge on any atom is 0.244 e. The van der Waals surface area contributed by atoms with E-state index in [2.05, 4.69) is 19.2 Å². The molecule has 0 aromatic carbocycles. The lowest BCUT2D eigenvalue weighted by atomic mass is 10.1. The van der Waals surface area contributed by atoms with Crippen molar-refractivity contribution in [3.63, 3.8) is 0 Å². The second-order valence-corrected chi connectivity index (χ2v) is 9.33. The molecule has 1 saturated carbocycles. The molecule has 4 nitrogen and oxygen atoms in total. The third-order valence-corrected chi connectivity index (χ3v) is 7.03. The van der Waals surface area contributed by atoms with E-state index in [0.29, 0.717) is 23.4 Å². The summed E-state index contributed by atoms with van der Waals surface area (Å²) in [7, 11) is -1.70. The molecule has 1 aliphatic carbocycles. The van der Waals surface area contributed by atoms with Gasteiger partial charge in [0.15, 0.2) is 0 Å². The first-order valence-corrected chi connectivity index (χ1v) is 9.92. The van der Waals surface area contributed by atoms with Gasteiger partial charge in [-0.05, 0) is 43.6 Å². The largest absolute Gasteiger partial charge is 0.309 e. The predicted octanol–water partition coefficient (Wildman–Crippen LogP) is 3.06. The van der Waals surface area contributed by atoms with Crippen molar-refractivity contribution in [2.24, 2.45) is 5.92 Å². The highest BCUT2D eigenvalue weighted by Gasteiger charge is 2.29. The predicted molar refractivity (Wildman–Crippen MR) is 88.0 cm³/mol. The van der Waals surface area contributed by atoms with Crippen molar-refractivity contribution in [2.75, 3.05) is 7.05 Å². The Bertz CT molecular complexity index is 562. The van der Waals surface area contributed by atoms with Crippen LogP contribution < -0.4 is 5.32 Å². The molecule has 21 heavy (non-hydrogen) atoms. The molecule has 0 aliphatic heterocycles. The number of rotatable bonds is 8. The van der Waals surface area contributed by atoms with Crippen LogP contribution in [0.15, 0.2) is 16.3 Å². The molecule has 0 radical (unpaired) electrons. The molecule has 0 amide bonds. The van der Waals surface area contributed by atoms with Crippen LogP contribution in [-0.2, 0) is 16.6 Å². The van der Waals surface area contributed by atoms with Crippen LogP contribution in [0, 0.1) is 5.92 Å². The molecule has 6 heteroatoms. The molecule has 1 N–H and O–H groups in total. The van der Waals surface area contributed by atoms with E-state index >= 15 is 0 Å². The molecular weight excluding hydrogens is 304 g/mol. The second kappa shape index (κ2) is 6.77. The molecular formula is C15H26N2O2S2. The van der Waals surface area contributed by atoms with Crippen LogP contribution in [0.5, 0.6) is 0 Å². The molecule has 0 bridgehead atoms. The first-order valence-electron chi connectivity index (χ1n) is 7.60. The smallest absolute Gasteiger partial charge is 0.244 e. The van der Waals surface area contributed by atoms with Gasteiger partial charge in [0.25, 0.3) is 0 Å². The van der Waals surface area contributed by atoms with Gasteiger partial charge in [-0.2, -0.15) is 4.31 Å². The summed E-state index contributed by atoms with van der Waals surface area (Å²) >= 11 is 1.52. The molecule has 2 rings (SSSR count). The summed E-state index contributed by atoms with van der Waals surface area (Å²) in [6.07, 6.45) is 3.28. The summed E-state index contributed by atoms with van der Waals surface area (Å²) in [5.74, 6) is 0.483. The minimum atomic E-state index is -3.39. The van der Waals surface area contributed by atoms with Gasteiger partial charge in [-0.25, -0.2) is 8.42 Å². The van der Waals surface area contributed by atoms with E-state index in [-0.39, 0.29) is 6.04 Å². The molecule has 1 aliphatic rings. The minimum absolute atomic E-state index is 0.0131. The van der Waals surface area contributed by atoms with Crippen LogP contribution >= 0.6 is 11.3 Å². The molecule has 0 spiro atoms. The first kappa shape index (κ1) is 16.9. The Morgan fingerprint density at radius 2 is 2.05 bits per heavy atom. The number of nitrogens with zero attached hydrogens (tertiary/aromatic N) is 1. The van der Waals surface area contributed by atoms with Crippen molar-refractivity contribution >= 4 is 21.4 Å². The zero-order valence-corrected chi connectivity index (χ0v) is 14.9. The van der Waals surface area contributed by atoms with Gasteiger partial charge >= 0.3 is 0 Å². The highest BCUT2D eigenvalue weighted by atomic mass is 32.2. The number of nitrogens with one attached hydrogen (secondary N) is 1. The van der Waals surface area contributed by atoms with Gasteiger partial charge in [-0.3, -0.25) is 0 Å². The van der Waals surface area contributed by atoms with E-state index in [1.807, 2.05) is 12.3 Å². The molecule has 1 fully saturated rings. The van der Waals surface area contributed by atoms with Crippen LogP contribution in [0.3, 0.4) is 0 Å². The third-order valence-electron chi connectivity index (χ3n) is 3.92. The topological polar surface area (TPSA) is 49.4 Å². The fraction of sp³-hybridized carbons (Fsp3) is 0.733. The van der Waals surface area contributed by atoms with Gasteiger partial charge in [-0.15, -0.1) is 11.3 Å². The van der Waals surface area contributed by atoms with Gasteiger partial charge in [0.05, 0.1) is 4.90 Å². The van der Waals surface area contributed by atoms with Crippen molar-refractivity contribution < 1.29 is 8.42 Å². The van der Waals surface area contributed by atoms with Gasteiger partial charge in [-0.1, -0.05) is 13.8 Å². The molecule has 1 aromatic rings. The minimum Gasteiger partial charge on any atom is -0.309 e. The normalized spacial score (nSPS) is 17.6. The van der Waals surface area contributed by atoms with Crippen LogP contribution in [0.2, 0.25) is 0 Å². The fourth-order valence-electron chi connectivity index (χ4n) is 2.43. The van der Waals surface area contributed by atoms with Crippen molar-refractivity contribution in [3.8, 4) is 0 Å². The summed E-state index contributed by atoms with van der Waals surface area (Å²) < 4.78 is 27.1. The van der Waals surface area contributed by atoms with Crippen molar-refractivity contribution in [3.05, 3.63) is 16.3 Å². The Kier molecular flexibility index (Phi) is 5.46. The first-order chi connectivity index (χ1) is 9.82. The van der Waals surface area contributed by atoms with Crippen molar-refractivity contribution in [1.29, 1.82) is 0 Å². The lowest BCUT2D eigenvalue weighted by Crippen LogP contribution is -2.36. The third kappa shape index (κ3) is 4.28. The number of hydrogen-bond acceptors (Lipinski definition) is 4. The number of thiophene rings is 1. The van der Waals surface area contributed by atoms with Gasteiger partial charge in [0.2, 0.25) is 10.0 Å². The van der Waals surface area contributed by atoms with Crippen LogP contribution in [0.25, 0.3) is 0 Å². The Labute approximate surface area is 132 Å². The maximum absolute atomic E-state index is 12.8. The summed E-state index contributed by atoms with van der Waals surface area (Å²) in [4.78, 5) is 1.39.